The van der Waals surface area contributed by atoms with Crippen LogP contribution < -0.4 is 0 Å². The average Bonchev–Trinajstić information content (AvgIpc) is 1.37. The largest absolute Gasteiger partial charge is 0.0910 e. The molecule has 0 atom stereocenters. The van der Waals surface area contributed by atoms with Gasteiger partial charge in [0.05, 0.1) is 0 Å². The van der Waals surface area contributed by atoms with Crippen molar-refractivity contribution in [2.75, 3.05) is 0 Å². The first-order valence-corrected chi connectivity index (χ1v) is 1.20. The summed E-state index contributed by atoms with van der Waals surface area (Å²) in [4.78, 5) is 0. The van der Waals surface area contributed by atoms with Crippen molar-refractivity contribution in [3.63, 3.8) is 0 Å². The molecule has 0 aromatic rings. The smallest absolute Gasteiger partial charge is 0.0209 e. The Labute approximate surface area is 27.1 Å². The number of hydrogen-bond donors (Lipinski definition) is 0. The molecular weight excluding hydrogens is 48.0 g/mol. The fraction of sp³-hybridized carbons (Fsp3) is 0.250. The lowest BCUT2D eigenvalue weighted by Gasteiger charge is -1.48. The predicted octanol–water partition coefficient (Wildman–Crippen LogP) is 1.15. The van der Waals surface area contributed by atoms with E-state index in [1.54, 1.807) is 6.08 Å². The normalized spacial score (nSPS) is 9.50. The molecule has 0 unspecified atom stereocenters. The number of allylic oxidation sites excluding steroid dienone is 2. The summed E-state index contributed by atoms with van der Waals surface area (Å²) in [5.74, 6) is 0. The van der Waals surface area contributed by atoms with Crippen LogP contribution in [0, 0.1) is 6.92 Å². The van der Waals surface area contributed by atoms with E-state index in [2.05, 4.69) is 0 Å². The Morgan fingerprint density at radius 3 is 2.00 bits per heavy atom. The Balaban J connectivity index is 2.55. The first kappa shape index (κ1) is 3.74. The summed E-state index contributed by atoms with van der Waals surface area (Å²) in [5.41, 5.74) is 0. The lowest BCUT2D eigenvalue weighted by molar-refractivity contribution is 1.74. The molecule has 0 saturated heterocycles. The Morgan fingerprint density at radius 2 is 2.00 bits per heavy atom. The summed E-state index contributed by atoms with van der Waals surface area (Å²) in [7, 11) is 0. The van der Waals surface area contributed by atoms with E-state index < -0.39 is 0 Å². The van der Waals surface area contributed by atoms with Gasteiger partial charge in [-0.3, -0.25) is 0 Å². The third-order valence-corrected chi connectivity index (χ3v) is 0.167. The Kier molecular flexibility index (Phi) is 2.56. The van der Waals surface area contributed by atoms with Gasteiger partial charge in [-0.15, -0.1) is 0 Å². The summed E-state index contributed by atoms with van der Waals surface area (Å²) in [6, 6.07) is 0. The molecular formula is C4H5. The minimum absolute atomic E-state index is 1.25. The highest BCUT2D eigenvalue weighted by molar-refractivity contribution is 4.78. The zero-order valence-corrected chi connectivity index (χ0v) is 2.65. The highest BCUT2D eigenvalue weighted by Crippen LogP contribution is 1.56. The molecule has 4 heavy (non-hydrogen) atoms. The van der Waals surface area contributed by atoms with E-state index in [4.69, 9.17) is 6.92 Å². The molecule has 0 aliphatic carbocycles. The summed E-state index contributed by atoms with van der Waals surface area (Å²) >= 11 is 0. The van der Waals surface area contributed by atoms with Crippen molar-refractivity contribution in [1.82, 2.24) is 0 Å². The Bertz CT molecular complexity index is 15.2. The van der Waals surface area contributed by atoms with Gasteiger partial charge in [0.2, 0.25) is 0 Å². The van der Waals surface area contributed by atoms with E-state index in [1.807, 2.05) is 6.92 Å². The van der Waals surface area contributed by atoms with Gasteiger partial charge in [0.25, 0.3) is 0 Å². The van der Waals surface area contributed by atoms with Crippen molar-refractivity contribution in [2.45, 2.75) is 6.92 Å². The van der Waals surface area contributed by atoms with Crippen LogP contribution in [0.2, 0.25) is 0 Å². The second-order valence-corrected chi connectivity index (χ2v) is 0.500. The minimum Gasteiger partial charge on any atom is -0.0910 e. The van der Waals surface area contributed by atoms with Crippen molar-refractivity contribution in [3.05, 3.63) is 19.1 Å². The van der Waals surface area contributed by atoms with Crippen LogP contribution in [0.4, 0.5) is 0 Å². The molecule has 0 bridgehead atoms. The Morgan fingerprint density at radius 1 is 1.75 bits per heavy atom. The van der Waals surface area contributed by atoms with Gasteiger partial charge in [-0.2, -0.15) is 0 Å². The molecule has 0 saturated carbocycles. The van der Waals surface area contributed by atoms with E-state index in [9.17, 15) is 0 Å². The van der Waals surface area contributed by atoms with E-state index in [1.165, 1.54) is 6.08 Å². The van der Waals surface area contributed by atoms with E-state index in [-0.39, 0.29) is 0 Å². The van der Waals surface area contributed by atoms with Crippen LogP contribution in [-0.4, -0.2) is 0 Å². The van der Waals surface area contributed by atoms with E-state index in [0.29, 0.717) is 0 Å². The first-order chi connectivity index (χ1) is 1.91. The maximum absolute atomic E-state index is 6.27. The highest BCUT2D eigenvalue weighted by Gasteiger charge is 1.36. The molecule has 0 spiro atoms. The van der Waals surface area contributed by atoms with Gasteiger partial charge in [0.1, 0.15) is 0 Å². The SMILES string of the molecule is [C]C=CC. The fourth-order valence-corrected chi connectivity index (χ4v) is 0. The van der Waals surface area contributed by atoms with E-state index in [0.717, 1.165) is 0 Å². The Hall–Kier alpha value is -0.260. The van der Waals surface area contributed by atoms with Gasteiger partial charge >= 0.3 is 0 Å². The maximum atomic E-state index is 6.27. The van der Waals surface area contributed by atoms with Crippen LogP contribution in [0.25, 0.3) is 0 Å². The molecule has 0 heterocycles. The molecule has 0 heteroatoms. The molecule has 21 valence electrons. The minimum atomic E-state index is 1.25. The van der Waals surface area contributed by atoms with E-state index >= 15 is 0 Å². The topological polar surface area (TPSA) is 0 Å². The van der Waals surface area contributed by atoms with Gasteiger partial charge < -0.3 is 0 Å². The second kappa shape index (κ2) is 2.74. The molecule has 0 aliphatic rings. The first-order valence-electron chi connectivity index (χ1n) is 1.20. The number of hydrogen-bond acceptors (Lipinski definition) is 0. The predicted molar refractivity (Wildman–Crippen MR) is 18.1 cm³/mol. The lowest BCUT2D eigenvalue weighted by atomic mass is 10.6. The fourth-order valence-electron chi connectivity index (χ4n) is 0. The van der Waals surface area contributed by atoms with Crippen LogP contribution in [0.3, 0.4) is 0 Å². The highest BCUT2D eigenvalue weighted by atomic mass is 13.4. The zero-order valence-electron chi connectivity index (χ0n) is 2.65. The van der Waals surface area contributed by atoms with Crippen molar-refractivity contribution in [2.24, 2.45) is 0 Å². The summed E-state index contributed by atoms with van der Waals surface area (Å²) in [6.07, 6.45) is 2.92. The summed E-state index contributed by atoms with van der Waals surface area (Å²) < 4.78 is 0. The maximum Gasteiger partial charge on any atom is 0.0209 e. The molecule has 0 aromatic carbocycles. The van der Waals surface area contributed by atoms with Gasteiger partial charge in [0.15, 0.2) is 0 Å². The second-order valence-electron chi connectivity index (χ2n) is 0.500. The third kappa shape index (κ3) is 1.74. The van der Waals surface area contributed by atoms with Crippen LogP contribution >= 0.6 is 0 Å². The average molecular weight is 53.1 g/mol. The van der Waals surface area contributed by atoms with Gasteiger partial charge in [-0.25, -0.2) is 0 Å². The molecule has 0 fully saturated rings. The molecule has 3 radical (unpaired) electrons. The van der Waals surface area contributed by atoms with Gasteiger partial charge in [0, 0.05) is 6.92 Å². The molecule has 0 aliphatic heterocycles. The van der Waals surface area contributed by atoms with Crippen LogP contribution in [-0.2, 0) is 0 Å². The molecule has 0 aromatic heterocycles. The monoisotopic (exact) mass is 53.0 g/mol. The zero-order chi connectivity index (χ0) is 3.41. The van der Waals surface area contributed by atoms with Crippen molar-refractivity contribution in [3.8, 4) is 0 Å². The summed E-state index contributed by atoms with van der Waals surface area (Å²) in [5, 5.41) is 0. The molecule has 0 nitrogen and oxygen atoms in total. The van der Waals surface area contributed by atoms with Crippen LogP contribution in [0.5, 0.6) is 0 Å². The third-order valence-electron chi connectivity index (χ3n) is 0.167. The van der Waals surface area contributed by atoms with Crippen molar-refractivity contribution < 1.29 is 0 Å². The van der Waals surface area contributed by atoms with Crippen LogP contribution in [0.1, 0.15) is 6.92 Å². The van der Waals surface area contributed by atoms with Crippen molar-refractivity contribution >= 4 is 0 Å². The molecule has 0 rings (SSSR count). The molecule has 0 N–H and O–H groups in total. The summed E-state index contributed by atoms with van der Waals surface area (Å²) in [6.45, 7) is 8.08. The quantitative estimate of drug-likeness (QED) is 0.388. The number of rotatable bonds is 0. The standard InChI is InChI=1S/C4H5/c1-3-4-2/h3-4H,1H3. The van der Waals surface area contributed by atoms with Gasteiger partial charge in [-0.05, 0) is 6.92 Å². The van der Waals surface area contributed by atoms with Gasteiger partial charge in [-0.1, -0.05) is 12.2 Å². The van der Waals surface area contributed by atoms with Crippen molar-refractivity contribution in [1.29, 1.82) is 0 Å². The lowest BCUT2D eigenvalue weighted by Crippen LogP contribution is -1.27. The molecule has 0 amide bonds. The van der Waals surface area contributed by atoms with Crippen LogP contribution in [0.15, 0.2) is 12.2 Å².